The number of ether oxygens (including phenoxy) is 2. The third-order valence-electron chi connectivity index (χ3n) is 11.1. The molecule has 3 aliphatic rings. The van der Waals surface area contributed by atoms with Crippen molar-refractivity contribution in [2.75, 3.05) is 45.3 Å². The number of hydrogen-bond donors (Lipinski definition) is 4. The van der Waals surface area contributed by atoms with Gasteiger partial charge in [0.05, 0.1) is 38.2 Å². The number of rotatable bonds is 11. The van der Waals surface area contributed by atoms with E-state index < -0.39 is 35.9 Å². The second-order valence-corrected chi connectivity index (χ2v) is 14.8. The van der Waals surface area contributed by atoms with Gasteiger partial charge in [0.15, 0.2) is 0 Å². The zero-order valence-corrected chi connectivity index (χ0v) is 32.0. The van der Waals surface area contributed by atoms with E-state index in [9.17, 15) is 19.2 Å². The highest BCUT2D eigenvalue weighted by molar-refractivity contribution is 5.87. The maximum atomic E-state index is 15.7. The summed E-state index contributed by atoms with van der Waals surface area (Å²) in [6.07, 6.45) is 6.62. The predicted octanol–water partition coefficient (Wildman–Crippen LogP) is 5.30. The molecule has 1 aromatic carbocycles. The number of hydrogen-bond acceptors (Lipinski definition) is 9. The molecule has 0 radical (unpaired) electrons. The van der Waals surface area contributed by atoms with Gasteiger partial charge in [0.1, 0.15) is 41.1 Å². The first-order valence-corrected chi connectivity index (χ1v) is 19.1. The van der Waals surface area contributed by atoms with Gasteiger partial charge in [-0.3, -0.25) is 9.59 Å². The third kappa shape index (κ3) is 8.39. The minimum Gasteiger partial charge on any atom is -0.453 e. The molecule has 4 atom stereocenters. The fraction of sp³-hybridized carbons (Fsp3) is 0.579. The molecule has 6 rings (SSSR count). The average molecular weight is 768 g/mol. The normalized spacial score (nSPS) is 20.1. The Morgan fingerprint density at radius 1 is 0.818 bits per heavy atom. The van der Waals surface area contributed by atoms with Crippen molar-refractivity contribution in [3.63, 3.8) is 0 Å². The first-order valence-electron chi connectivity index (χ1n) is 19.1. The number of likely N-dealkylation sites (tertiary alicyclic amines) is 2. The molecular formula is C38H51F2N9O6. The minimum absolute atomic E-state index is 0.0798. The Labute approximate surface area is 318 Å². The van der Waals surface area contributed by atoms with E-state index in [0.717, 1.165) is 25.0 Å². The number of halogens is 2. The molecule has 0 aliphatic carbocycles. The molecule has 298 valence electrons. The van der Waals surface area contributed by atoms with Gasteiger partial charge in [0.2, 0.25) is 11.8 Å². The van der Waals surface area contributed by atoms with Crippen LogP contribution < -0.4 is 15.5 Å². The molecule has 3 aromatic rings. The molecule has 0 bridgehead atoms. The van der Waals surface area contributed by atoms with Gasteiger partial charge in [0.25, 0.3) is 0 Å². The zero-order valence-electron chi connectivity index (χ0n) is 32.0. The fourth-order valence-corrected chi connectivity index (χ4v) is 8.07. The summed E-state index contributed by atoms with van der Waals surface area (Å²) in [6.45, 7) is 7.42. The van der Waals surface area contributed by atoms with Gasteiger partial charge in [-0.05, 0) is 63.0 Å². The van der Waals surface area contributed by atoms with Gasteiger partial charge in [-0.25, -0.2) is 28.3 Å². The monoisotopic (exact) mass is 767 g/mol. The summed E-state index contributed by atoms with van der Waals surface area (Å²) in [6, 6.07) is 0.502. The molecule has 0 spiro atoms. The molecule has 3 aliphatic heterocycles. The lowest BCUT2D eigenvalue weighted by Crippen LogP contribution is -2.51. The van der Waals surface area contributed by atoms with Crippen molar-refractivity contribution in [3.05, 3.63) is 53.5 Å². The van der Waals surface area contributed by atoms with Crippen molar-refractivity contribution in [3.8, 4) is 11.3 Å². The van der Waals surface area contributed by atoms with Crippen LogP contribution in [0.4, 0.5) is 24.1 Å². The van der Waals surface area contributed by atoms with E-state index in [1.54, 1.807) is 20.9 Å². The van der Waals surface area contributed by atoms with Crippen LogP contribution in [-0.2, 0) is 19.1 Å². The topological polar surface area (TPSA) is 178 Å². The molecule has 2 aromatic heterocycles. The SMILES string of the molecule is CC[C@H](NC(=O)OC)C(=O)N1CCC[C@H]1c1ncc(C2CCN(c3c(F)cc(-c4cnc([C@@H]5CCCN5C(=O)[C@@H](NC(=O)OC)C(C)C)[nH]4)cc3F)CC2)[nH]1. The number of methoxy groups -OCH3 is 2. The highest BCUT2D eigenvalue weighted by atomic mass is 19.1. The zero-order chi connectivity index (χ0) is 39.4. The van der Waals surface area contributed by atoms with E-state index in [2.05, 4.69) is 35.3 Å². The highest BCUT2D eigenvalue weighted by Crippen LogP contribution is 2.38. The molecule has 5 heterocycles. The van der Waals surface area contributed by atoms with E-state index in [-0.39, 0.29) is 41.4 Å². The van der Waals surface area contributed by atoms with E-state index in [0.29, 0.717) is 74.8 Å². The number of carbonyl (C=O) groups is 4. The Morgan fingerprint density at radius 2 is 1.38 bits per heavy atom. The minimum atomic E-state index is -0.779. The molecule has 4 N–H and O–H groups in total. The van der Waals surface area contributed by atoms with Gasteiger partial charge in [0, 0.05) is 49.6 Å². The summed E-state index contributed by atoms with van der Waals surface area (Å²) in [5, 5.41) is 5.25. The molecule has 17 heteroatoms. The first kappa shape index (κ1) is 39.5. The Hall–Kier alpha value is -5.22. The van der Waals surface area contributed by atoms with Gasteiger partial charge < -0.3 is 44.8 Å². The van der Waals surface area contributed by atoms with Gasteiger partial charge in [-0.1, -0.05) is 20.8 Å². The summed E-state index contributed by atoms with van der Waals surface area (Å²) in [5.41, 5.74) is 1.56. The largest absolute Gasteiger partial charge is 0.453 e. The van der Waals surface area contributed by atoms with Crippen molar-refractivity contribution in [1.29, 1.82) is 0 Å². The Morgan fingerprint density at radius 3 is 1.96 bits per heavy atom. The average Bonchev–Trinajstić information content (AvgIpc) is 4.02. The number of H-pyrrole nitrogens is 2. The van der Waals surface area contributed by atoms with Crippen molar-refractivity contribution in [2.24, 2.45) is 5.92 Å². The molecule has 4 amide bonds. The van der Waals surface area contributed by atoms with Crippen LogP contribution >= 0.6 is 0 Å². The summed E-state index contributed by atoms with van der Waals surface area (Å²) >= 11 is 0. The number of carbonyl (C=O) groups excluding carboxylic acids is 4. The van der Waals surface area contributed by atoms with Crippen LogP contribution in [0.1, 0.15) is 101 Å². The smallest absolute Gasteiger partial charge is 0.407 e. The number of aromatic nitrogens is 4. The number of imidazole rings is 2. The summed E-state index contributed by atoms with van der Waals surface area (Å²) < 4.78 is 40.9. The summed E-state index contributed by atoms with van der Waals surface area (Å²) in [5.74, 6) is -0.687. The molecule has 0 unspecified atom stereocenters. The van der Waals surface area contributed by atoms with Gasteiger partial charge in [-0.2, -0.15) is 0 Å². The van der Waals surface area contributed by atoms with Crippen LogP contribution in [0, 0.1) is 17.6 Å². The Bertz CT molecular complexity index is 1840. The number of aromatic amines is 2. The van der Waals surface area contributed by atoms with Crippen molar-refractivity contribution >= 4 is 29.7 Å². The van der Waals surface area contributed by atoms with Crippen LogP contribution in [0.15, 0.2) is 24.5 Å². The lowest BCUT2D eigenvalue weighted by atomic mass is 9.93. The molecule has 15 nitrogen and oxygen atoms in total. The first-order chi connectivity index (χ1) is 26.4. The molecule has 55 heavy (non-hydrogen) atoms. The second-order valence-electron chi connectivity index (χ2n) is 14.8. The van der Waals surface area contributed by atoms with Crippen LogP contribution in [-0.4, -0.2) is 106 Å². The van der Waals surface area contributed by atoms with Crippen LogP contribution in [0.5, 0.6) is 0 Å². The van der Waals surface area contributed by atoms with Crippen molar-refractivity contribution in [1.82, 2.24) is 40.4 Å². The number of alkyl carbamates (subject to hydrolysis) is 2. The number of nitrogens with zero attached hydrogens (tertiary/aromatic N) is 5. The number of anilines is 1. The van der Waals surface area contributed by atoms with Crippen molar-refractivity contribution < 1.29 is 37.4 Å². The van der Waals surface area contributed by atoms with Gasteiger partial charge in [-0.15, -0.1) is 0 Å². The van der Waals surface area contributed by atoms with Crippen LogP contribution in [0.3, 0.4) is 0 Å². The molecule has 0 saturated carbocycles. The Kier molecular flexibility index (Phi) is 12.2. The quantitative estimate of drug-likeness (QED) is 0.202. The predicted molar refractivity (Wildman–Crippen MR) is 198 cm³/mol. The van der Waals surface area contributed by atoms with E-state index in [4.69, 9.17) is 4.74 Å². The van der Waals surface area contributed by atoms with Gasteiger partial charge >= 0.3 is 12.2 Å². The van der Waals surface area contributed by atoms with Crippen molar-refractivity contribution in [2.45, 2.75) is 95.8 Å². The fourth-order valence-electron chi connectivity index (χ4n) is 8.07. The van der Waals surface area contributed by atoms with Crippen LogP contribution in [0.25, 0.3) is 11.3 Å². The van der Waals surface area contributed by atoms with E-state index in [1.165, 1.54) is 32.5 Å². The highest BCUT2D eigenvalue weighted by Gasteiger charge is 2.39. The molecular weight excluding hydrogens is 716 g/mol. The third-order valence-corrected chi connectivity index (χ3v) is 11.1. The maximum absolute atomic E-state index is 15.7. The Balaban J connectivity index is 1.09. The van der Waals surface area contributed by atoms with E-state index >= 15 is 8.78 Å². The lowest BCUT2D eigenvalue weighted by molar-refractivity contribution is -0.135. The molecule has 3 saturated heterocycles. The standard InChI is InChI=1S/C38H51F2N9O6/c1-6-26(45-37(52)54-4)35(50)48-13-7-9-29(48)33-41-19-27(43-33)22-11-15-47(16-12-22)32-24(39)17-23(18-25(32)40)28-20-42-34(44-28)30-10-8-14-49(30)36(51)31(21(2)3)46-38(53)55-5/h17-22,26,29-31H,6-16H2,1-5H3,(H,41,43)(H,42,44)(H,45,52)(H,46,53)/t26-,29-,30-,31-/m0/s1. The number of piperidine rings is 1. The molecule has 3 fully saturated rings. The lowest BCUT2D eigenvalue weighted by Gasteiger charge is -2.33. The summed E-state index contributed by atoms with van der Waals surface area (Å²) in [7, 11) is 2.51. The number of nitrogens with one attached hydrogen (secondary N) is 4. The number of amides is 4. The maximum Gasteiger partial charge on any atom is 0.407 e. The van der Waals surface area contributed by atoms with E-state index in [1.807, 2.05) is 20.8 Å². The summed E-state index contributed by atoms with van der Waals surface area (Å²) in [4.78, 5) is 71.5. The number of benzene rings is 1. The second kappa shape index (κ2) is 17.1. The van der Waals surface area contributed by atoms with Crippen LogP contribution in [0.2, 0.25) is 0 Å².